The average molecular weight is 245 g/mol. The highest BCUT2D eigenvalue weighted by molar-refractivity contribution is 7.71. The summed E-state index contributed by atoms with van der Waals surface area (Å²) in [6.07, 6.45) is 1.88. The Kier molecular flexibility index (Phi) is 7.06. The third-order valence-electron chi connectivity index (χ3n) is 1.51. The maximum atomic E-state index is 10.8. The van der Waals surface area contributed by atoms with Gasteiger partial charge in [-0.05, 0) is 18.6 Å². The lowest BCUT2D eigenvalue weighted by atomic mass is 10.2. The number of H-pyrrole nitrogens is 2. The minimum atomic E-state index is -0.968. The molecule has 1 rings (SSSR count). The van der Waals surface area contributed by atoms with Crippen LogP contribution in [-0.4, -0.2) is 27.6 Å². The number of hydrogen-bond donors (Lipinski definition) is 4. The van der Waals surface area contributed by atoms with Crippen LogP contribution in [0.1, 0.15) is 19.0 Å². The van der Waals surface area contributed by atoms with Crippen LogP contribution in [0.3, 0.4) is 0 Å². The summed E-state index contributed by atoms with van der Waals surface area (Å²) < 4.78 is 0.404. The summed E-state index contributed by atoms with van der Waals surface area (Å²) in [4.78, 5) is 25.5. The molecule has 7 heteroatoms. The predicted octanol–water partition coefficient (Wildman–Crippen LogP) is 0.415. The molecule has 90 valence electrons. The SMILES string of the molecule is CCCc1cc(=O)[nH]c(=S)[nH]1.NCC(=O)O. The molecule has 0 aliphatic rings. The van der Waals surface area contributed by atoms with E-state index in [0.29, 0.717) is 4.77 Å². The number of rotatable bonds is 3. The van der Waals surface area contributed by atoms with Crippen molar-refractivity contribution >= 4 is 18.2 Å². The van der Waals surface area contributed by atoms with Crippen molar-refractivity contribution in [3.63, 3.8) is 0 Å². The van der Waals surface area contributed by atoms with Gasteiger partial charge < -0.3 is 15.8 Å². The molecule has 0 amide bonds. The smallest absolute Gasteiger partial charge is 0.317 e. The largest absolute Gasteiger partial charge is 0.480 e. The number of carboxylic acids is 1. The first-order valence-electron chi connectivity index (χ1n) is 4.74. The minimum Gasteiger partial charge on any atom is -0.480 e. The Morgan fingerprint density at radius 1 is 1.56 bits per heavy atom. The predicted molar refractivity (Wildman–Crippen MR) is 62.9 cm³/mol. The second-order valence-corrected chi connectivity index (χ2v) is 3.37. The Morgan fingerprint density at radius 3 is 2.50 bits per heavy atom. The number of nitrogens with two attached hydrogens (primary N) is 1. The van der Waals surface area contributed by atoms with Crippen molar-refractivity contribution in [2.75, 3.05) is 6.54 Å². The van der Waals surface area contributed by atoms with Crippen molar-refractivity contribution in [3.05, 3.63) is 26.9 Å². The molecule has 0 saturated carbocycles. The third kappa shape index (κ3) is 6.91. The molecule has 0 aliphatic heterocycles. The molecule has 1 aromatic heterocycles. The molecule has 6 nitrogen and oxygen atoms in total. The average Bonchev–Trinajstić information content (AvgIpc) is 2.17. The zero-order chi connectivity index (χ0) is 12.6. The van der Waals surface area contributed by atoms with Crippen molar-refractivity contribution in [1.29, 1.82) is 0 Å². The van der Waals surface area contributed by atoms with E-state index in [4.69, 9.17) is 17.3 Å². The monoisotopic (exact) mass is 245 g/mol. The molecule has 0 unspecified atom stereocenters. The standard InChI is InChI=1S/C7H10N2OS.C2H5NO2/c1-2-3-5-4-6(10)9-7(11)8-5;3-1-2(4)5/h4H,2-3H2,1H3,(H2,8,9,10,11);1,3H2,(H,4,5). The molecule has 0 radical (unpaired) electrons. The van der Waals surface area contributed by atoms with Crippen molar-refractivity contribution in [2.24, 2.45) is 5.73 Å². The molecule has 0 aromatic carbocycles. The van der Waals surface area contributed by atoms with Gasteiger partial charge >= 0.3 is 5.97 Å². The molecular weight excluding hydrogens is 230 g/mol. The van der Waals surface area contributed by atoms with Crippen molar-refractivity contribution < 1.29 is 9.90 Å². The van der Waals surface area contributed by atoms with Crippen LogP contribution < -0.4 is 11.3 Å². The first kappa shape index (κ1) is 14.5. The van der Waals surface area contributed by atoms with Crippen molar-refractivity contribution in [2.45, 2.75) is 19.8 Å². The van der Waals surface area contributed by atoms with E-state index in [2.05, 4.69) is 22.6 Å². The summed E-state index contributed by atoms with van der Waals surface area (Å²) in [5, 5.41) is 7.60. The van der Waals surface area contributed by atoms with Gasteiger partial charge in [0.15, 0.2) is 4.77 Å². The summed E-state index contributed by atoms with van der Waals surface area (Å²) in [5.41, 5.74) is 5.35. The Labute approximate surface area is 97.5 Å². The van der Waals surface area contributed by atoms with Crippen LogP contribution in [0, 0.1) is 4.77 Å². The van der Waals surface area contributed by atoms with Crippen LogP contribution in [0.15, 0.2) is 10.9 Å². The lowest BCUT2D eigenvalue weighted by Gasteiger charge is -1.95. The van der Waals surface area contributed by atoms with Gasteiger partial charge in [-0.25, -0.2) is 0 Å². The highest BCUT2D eigenvalue weighted by Gasteiger charge is 1.91. The van der Waals surface area contributed by atoms with Gasteiger partial charge in [-0.3, -0.25) is 14.6 Å². The number of nitrogens with one attached hydrogen (secondary N) is 2. The molecule has 1 aromatic rings. The molecule has 5 N–H and O–H groups in total. The Bertz CT molecular complexity index is 410. The zero-order valence-electron chi connectivity index (χ0n) is 8.95. The van der Waals surface area contributed by atoms with Gasteiger partial charge in [0.25, 0.3) is 5.56 Å². The van der Waals surface area contributed by atoms with Crippen LogP contribution in [0.25, 0.3) is 0 Å². The molecule has 0 saturated heterocycles. The summed E-state index contributed by atoms with van der Waals surface area (Å²) in [6, 6.07) is 1.54. The number of carbonyl (C=O) groups is 1. The Morgan fingerprint density at radius 2 is 2.12 bits per heavy atom. The quantitative estimate of drug-likeness (QED) is 0.576. The molecule has 16 heavy (non-hydrogen) atoms. The Hall–Kier alpha value is -1.47. The van der Waals surface area contributed by atoms with E-state index in [1.165, 1.54) is 0 Å². The first-order chi connectivity index (χ1) is 7.49. The number of hydrogen-bond acceptors (Lipinski definition) is 4. The van der Waals surface area contributed by atoms with E-state index >= 15 is 0 Å². The number of carboxylic acid groups (broad SMARTS) is 1. The van der Waals surface area contributed by atoms with Gasteiger partial charge in [-0.2, -0.15) is 0 Å². The number of aliphatic carboxylic acids is 1. The normalized spacial score (nSPS) is 9.12. The minimum absolute atomic E-state index is 0.128. The lowest BCUT2D eigenvalue weighted by Crippen LogP contribution is -2.10. The van der Waals surface area contributed by atoms with Gasteiger partial charge in [-0.15, -0.1) is 0 Å². The maximum Gasteiger partial charge on any atom is 0.317 e. The van der Waals surface area contributed by atoms with E-state index in [1.807, 2.05) is 0 Å². The third-order valence-corrected chi connectivity index (χ3v) is 1.71. The topological polar surface area (TPSA) is 112 Å². The zero-order valence-corrected chi connectivity index (χ0v) is 9.76. The van der Waals surface area contributed by atoms with Crippen LogP contribution in [0.5, 0.6) is 0 Å². The first-order valence-corrected chi connectivity index (χ1v) is 5.14. The van der Waals surface area contributed by atoms with Gasteiger partial charge in [0.2, 0.25) is 0 Å². The van der Waals surface area contributed by atoms with Crippen LogP contribution in [0.2, 0.25) is 0 Å². The van der Waals surface area contributed by atoms with E-state index in [9.17, 15) is 9.59 Å². The second kappa shape index (κ2) is 7.77. The van der Waals surface area contributed by atoms with Crippen LogP contribution in [0.4, 0.5) is 0 Å². The van der Waals surface area contributed by atoms with Gasteiger partial charge in [-0.1, -0.05) is 13.3 Å². The summed E-state index contributed by atoms with van der Waals surface area (Å²) in [7, 11) is 0. The fourth-order valence-electron chi connectivity index (χ4n) is 0.923. The van der Waals surface area contributed by atoms with Crippen LogP contribution >= 0.6 is 12.2 Å². The van der Waals surface area contributed by atoms with Gasteiger partial charge in [0.05, 0.1) is 6.54 Å². The number of aryl methyl sites for hydroxylation is 1. The molecular formula is C9H15N3O3S. The van der Waals surface area contributed by atoms with E-state index in [0.717, 1.165) is 18.5 Å². The molecule has 0 spiro atoms. The van der Waals surface area contributed by atoms with E-state index in [-0.39, 0.29) is 12.1 Å². The fourth-order valence-corrected chi connectivity index (χ4v) is 1.16. The molecule has 1 heterocycles. The van der Waals surface area contributed by atoms with Gasteiger partial charge in [0.1, 0.15) is 0 Å². The van der Waals surface area contributed by atoms with E-state index in [1.54, 1.807) is 6.07 Å². The Balaban J connectivity index is 0.000000385. The number of aromatic amines is 2. The molecule has 0 fully saturated rings. The summed E-state index contributed by atoms with van der Waals surface area (Å²) in [6.45, 7) is 1.78. The second-order valence-electron chi connectivity index (χ2n) is 2.96. The molecule has 0 bridgehead atoms. The van der Waals surface area contributed by atoms with Crippen molar-refractivity contribution in [3.8, 4) is 0 Å². The summed E-state index contributed by atoms with van der Waals surface area (Å²) in [5.74, 6) is -0.968. The maximum absolute atomic E-state index is 10.8. The highest BCUT2D eigenvalue weighted by Crippen LogP contribution is 1.93. The van der Waals surface area contributed by atoms with Crippen molar-refractivity contribution in [1.82, 2.24) is 9.97 Å². The lowest BCUT2D eigenvalue weighted by molar-refractivity contribution is -0.135. The van der Waals surface area contributed by atoms with Crippen LogP contribution in [-0.2, 0) is 11.2 Å². The molecule has 0 aliphatic carbocycles. The molecule has 0 atom stereocenters. The van der Waals surface area contributed by atoms with Gasteiger partial charge in [0, 0.05) is 11.8 Å². The fraction of sp³-hybridized carbons (Fsp3) is 0.444. The number of aromatic nitrogens is 2. The summed E-state index contributed by atoms with van der Waals surface area (Å²) >= 11 is 4.79. The van der Waals surface area contributed by atoms with E-state index < -0.39 is 5.97 Å². The highest BCUT2D eigenvalue weighted by atomic mass is 32.1.